The highest BCUT2D eigenvalue weighted by Crippen LogP contribution is 2.36. The van der Waals surface area contributed by atoms with Gasteiger partial charge in [-0.15, -0.1) is 0 Å². The molecule has 3 aromatic rings. The number of nitrogens with one attached hydrogen (secondary N) is 1. The van der Waals surface area contributed by atoms with Crippen LogP contribution < -0.4 is 0 Å². The predicted octanol–water partition coefficient (Wildman–Crippen LogP) is 3.47. The molecule has 116 valence electrons. The summed E-state index contributed by atoms with van der Waals surface area (Å²) in [6, 6.07) is 2.32. The molecular formula is C17H18N6. The molecule has 0 unspecified atom stereocenters. The van der Waals surface area contributed by atoms with Crippen LogP contribution in [0.5, 0.6) is 0 Å². The van der Waals surface area contributed by atoms with Crippen LogP contribution in [0.3, 0.4) is 0 Å². The Balaban J connectivity index is 1.76. The van der Waals surface area contributed by atoms with Crippen molar-refractivity contribution in [3.63, 3.8) is 0 Å². The fraction of sp³-hybridized carbons (Fsp3) is 0.412. The molecule has 1 N–H and O–H groups in total. The van der Waals surface area contributed by atoms with Crippen molar-refractivity contribution < 1.29 is 8.22 Å². The summed E-state index contributed by atoms with van der Waals surface area (Å²) in [5, 5.41) is 14.4. The van der Waals surface area contributed by atoms with Gasteiger partial charge in [-0.3, -0.25) is 4.68 Å². The summed E-state index contributed by atoms with van der Waals surface area (Å²) in [5.74, 6) is -0.736. The second kappa shape index (κ2) is 5.84. The zero-order valence-electron chi connectivity index (χ0n) is 18.2. The highest BCUT2D eigenvalue weighted by atomic mass is 15.3. The molecular weight excluding hydrogens is 288 g/mol. The molecule has 1 saturated carbocycles. The average molecular weight is 312 g/mol. The molecule has 1 atom stereocenters. The highest BCUT2D eigenvalue weighted by Gasteiger charge is 2.27. The van der Waals surface area contributed by atoms with Crippen molar-refractivity contribution in [1.82, 2.24) is 24.7 Å². The Kier molecular flexibility index (Phi) is 2.24. The molecule has 3 heterocycles. The van der Waals surface area contributed by atoms with Crippen molar-refractivity contribution in [1.29, 1.82) is 5.26 Å². The Bertz CT molecular complexity index is 1080. The van der Waals surface area contributed by atoms with Gasteiger partial charge < -0.3 is 4.98 Å². The minimum atomic E-state index is -2.36. The van der Waals surface area contributed by atoms with E-state index in [0.29, 0.717) is 16.9 Å². The monoisotopic (exact) mass is 312 g/mol. The molecule has 0 bridgehead atoms. The van der Waals surface area contributed by atoms with Gasteiger partial charge in [0.25, 0.3) is 0 Å². The Hall–Kier alpha value is -2.68. The van der Waals surface area contributed by atoms with Crippen LogP contribution in [0.1, 0.15) is 46.2 Å². The summed E-state index contributed by atoms with van der Waals surface area (Å²) in [4.78, 5) is 11.4. The first-order chi connectivity index (χ1) is 13.6. The van der Waals surface area contributed by atoms with E-state index in [1.54, 1.807) is 18.5 Å². The van der Waals surface area contributed by atoms with E-state index in [1.807, 2.05) is 6.07 Å². The number of hydrogen-bond donors (Lipinski definition) is 1. The first-order valence-electron chi connectivity index (χ1n) is 10.3. The maximum Gasteiger partial charge on any atom is 0.141 e. The summed E-state index contributed by atoms with van der Waals surface area (Å²) < 4.78 is 49.6. The molecule has 0 amide bonds. The van der Waals surface area contributed by atoms with Crippen LogP contribution >= 0.6 is 0 Å². The third-order valence-electron chi connectivity index (χ3n) is 4.03. The lowest BCUT2D eigenvalue weighted by Crippen LogP contribution is -2.17. The Morgan fingerprint density at radius 1 is 1.48 bits per heavy atom. The first-order valence-corrected chi connectivity index (χ1v) is 7.30. The number of H-pyrrole nitrogens is 1. The van der Waals surface area contributed by atoms with Crippen LogP contribution in [0.4, 0.5) is 0 Å². The first kappa shape index (κ1) is 8.82. The van der Waals surface area contributed by atoms with E-state index in [4.69, 9.17) is 8.22 Å². The van der Waals surface area contributed by atoms with Gasteiger partial charge in [-0.05, 0) is 24.8 Å². The van der Waals surface area contributed by atoms with Gasteiger partial charge in [-0.1, -0.05) is 12.7 Å². The van der Waals surface area contributed by atoms with Crippen molar-refractivity contribution in [3.05, 3.63) is 31.0 Å². The fourth-order valence-electron chi connectivity index (χ4n) is 2.88. The molecule has 6 heteroatoms. The van der Waals surface area contributed by atoms with E-state index < -0.39 is 31.1 Å². The smallest absolute Gasteiger partial charge is 0.141 e. The van der Waals surface area contributed by atoms with Gasteiger partial charge in [-0.25, -0.2) is 9.97 Å². The third-order valence-corrected chi connectivity index (χ3v) is 4.03. The number of rotatable bonds is 4. The van der Waals surface area contributed by atoms with Crippen LogP contribution in [0.2, 0.25) is 0 Å². The molecule has 0 spiro atoms. The zero-order chi connectivity index (χ0) is 21.0. The van der Waals surface area contributed by atoms with E-state index in [1.165, 1.54) is 17.2 Å². The van der Waals surface area contributed by atoms with Crippen LogP contribution in [0.15, 0.2) is 31.0 Å². The Morgan fingerprint density at radius 3 is 3.17 bits per heavy atom. The number of nitrogens with zero attached hydrogens (tertiary/aromatic N) is 5. The molecule has 3 aromatic heterocycles. The zero-order valence-corrected chi connectivity index (χ0v) is 12.2. The van der Waals surface area contributed by atoms with Gasteiger partial charge in [0.15, 0.2) is 0 Å². The van der Waals surface area contributed by atoms with Gasteiger partial charge in [-0.2, -0.15) is 10.4 Å². The number of fused-ring (bicyclic) bond motifs is 1. The van der Waals surface area contributed by atoms with Crippen LogP contribution in [-0.2, 0) is 0 Å². The minimum absolute atomic E-state index is 0.198. The standard InChI is InChI=1S/C17H18N6/c18-7-5-15(12-3-1-2-4-12)23-10-13(9-22-23)16-14-6-8-19-17(14)21-11-20-16/h6,8-12,15H,1-5H2,(H,19,20,21)/t15-/m1/s1/i1D2,2D2,5D2. The van der Waals surface area contributed by atoms with Gasteiger partial charge >= 0.3 is 0 Å². The van der Waals surface area contributed by atoms with Gasteiger partial charge in [0.1, 0.15) is 12.0 Å². The van der Waals surface area contributed by atoms with Crippen molar-refractivity contribution in [3.8, 4) is 17.3 Å². The molecule has 1 fully saturated rings. The van der Waals surface area contributed by atoms with Crippen molar-refractivity contribution in [2.24, 2.45) is 5.92 Å². The summed E-state index contributed by atoms with van der Waals surface area (Å²) in [5.41, 5.74) is 1.83. The lowest BCUT2D eigenvalue weighted by atomic mass is 9.96. The fourth-order valence-corrected chi connectivity index (χ4v) is 2.88. The second-order valence-electron chi connectivity index (χ2n) is 5.39. The Morgan fingerprint density at radius 2 is 2.35 bits per heavy atom. The van der Waals surface area contributed by atoms with Crippen molar-refractivity contribution in [2.45, 2.75) is 38.0 Å². The number of aromatic nitrogens is 5. The SMILES string of the molecule is [2H]C([2H])(C#N)[C@H](C1CC([2H])([2H])C([2H])([2H])C1)n1cc(-c2ncnc3[nH]ccc23)cn1. The topological polar surface area (TPSA) is 83.2 Å². The highest BCUT2D eigenvalue weighted by molar-refractivity contribution is 5.89. The molecule has 0 aliphatic heterocycles. The molecule has 1 aliphatic rings. The molecule has 23 heavy (non-hydrogen) atoms. The normalized spacial score (nSPS) is 25.5. The molecule has 1 aliphatic carbocycles. The van der Waals surface area contributed by atoms with E-state index >= 15 is 0 Å². The van der Waals surface area contributed by atoms with Crippen molar-refractivity contribution in [2.75, 3.05) is 0 Å². The van der Waals surface area contributed by atoms with E-state index in [0.717, 1.165) is 5.39 Å². The molecule has 0 saturated heterocycles. The van der Waals surface area contributed by atoms with Crippen LogP contribution in [0.25, 0.3) is 22.3 Å². The molecule has 6 nitrogen and oxygen atoms in total. The lowest BCUT2D eigenvalue weighted by Gasteiger charge is -2.21. The molecule has 0 radical (unpaired) electrons. The van der Waals surface area contributed by atoms with Gasteiger partial charge in [0.2, 0.25) is 0 Å². The van der Waals surface area contributed by atoms with Gasteiger partial charge in [0.05, 0.1) is 30.4 Å². The number of aromatic amines is 1. The van der Waals surface area contributed by atoms with Crippen LogP contribution in [0, 0.1) is 17.2 Å². The van der Waals surface area contributed by atoms with Crippen molar-refractivity contribution >= 4 is 11.0 Å². The molecule has 0 aromatic carbocycles. The maximum atomic E-state index is 9.41. The third kappa shape index (κ3) is 2.48. The van der Waals surface area contributed by atoms with E-state index in [9.17, 15) is 5.26 Å². The van der Waals surface area contributed by atoms with Crippen LogP contribution in [-0.4, -0.2) is 24.7 Å². The minimum Gasteiger partial charge on any atom is -0.346 e. The quantitative estimate of drug-likeness (QED) is 0.799. The van der Waals surface area contributed by atoms with E-state index in [-0.39, 0.29) is 12.8 Å². The Labute approximate surface area is 142 Å². The number of nitriles is 1. The lowest BCUT2D eigenvalue weighted by molar-refractivity contribution is 0.315. The summed E-state index contributed by atoms with van der Waals surface area (Å²) in [6.07, 6.45) is -0.772. The largest absolute Gasteiger partial charge is 0.346 e. The predicted molar refractivity (Wildman–Crippen MR) is 86.3 cm³/mol. The average Bonchev–Trinajstić information content (AvgIpc) is 3.33. The van der Waals surface area contributed by atoms with Gasteiger partial charge in [0, 0.05) is 31.6 Å². The summed E-state index contributed by atoms with van der Waals surface area (Å²) >= 11 is 0. The summed E-state index contributed by atoms with van der Waals surface area (Å²) in [6.45, 7) is 0. The summed E-state index contributed by atoms with van der Waals surface area (Å²) in [7, 11) is 0. The molecule has 4 rings (SSSR count). The second-order valence-corrected chi connectivity index (χ2v) is 5.39. The number of hydrogen-bond acceptors (Lipinski definition) is 4. The maximum absolute atomic E-state index is 9.41. The van der Waals surface area contributed by atoms with E-state index in [2.05, 4.69) is 20.1 Å².